The Morgan fingerprint density at radius 3 is 2.60 bits per heavy atom. The number of nitrogens with zero attached hydrogens (tertiary/aromatic N) is 2. The summed E-state index contributed by atoms with van der Waals surface area (Å²) in [6.07, 6.45) is 3.41. The van der Waals surface area contributed by atoms with Gasteiger partial charge in [0.15, 0.2) is 0 Å². The van der Waals surface area contributed by atoms with Crippen molar-refractivity contribution in [3.05, 3.63) is 11.4 Å². The number of anilines is 1. The molecule has 5 heteroatoms. The number of hydrogen-bond acceptors (Lipinski definition) is 5. The van der Waals surface area contributed by atoms with E-state index in [1.807, 2.05) is 6.92 Å². The quantitative estimate of drug-likeness (QED) is 0.704. The van der Waals surface area contributed by atoms with Gasteiger partial charge in [0.1, 0.15) is 18.2 Å². The summed E-state index contributed by atoms with van der Waals surface area (Å²) in [7, 11) is 0. The summed E-state index contributed by atoms with van der Waals surface area (Å²) >= 11 is 0. The first-order valence-electron chi connectivity index (χ1n) is 7.59. The van der Waals surface area contributed by atoms with Crippen LogP contribution in [-0.4, -0.2) is 36.3 Å². The highest BCUT2D eigenvalue weighted by atomic mass is 16.5. The van der Waals surface area contributed by atoms with E-state index >= 15 is 0 Å². The van der Waals surface area contributed by atoms with Gasteiger partial charge in [0.25, 0.3) is 0 Å². The van der Waals surface area contributed by atoms with Crippen molar-refractivity contribution in [2.75, 3.05) is 31.7 Å². The maximum Gasteiger partial charge on any atom is 0.221 e. The second-order valence-electron chi connectivity index (χ2n) is 5.13. The largest absolute Gasteiger partial charge is 0.475 e. The second-order valence-corrected chi connectivity index (χ2v) is 5.13. The topological polar surface area (TPSA) is 56.3 Å². The third kappa shape index (κ3) is 4.07. The first-order valence-corrected chi connectivity index (χ1v) is 7.59. The average molecular weight is 279 g/mol. The van der Waals surface area contributed by atoms with Crippen LogP contribution in [0, 0.1) is 6.92 Å². The molecule has 1 aliphatic rings. The number of aromatic nitrogens is 2. The lowest BCUT2D eigenvalue weighted by Crippen LogP contribution is -2.12. The molecule has 20 heavy (non-hydrogen) atoms. The minimum atomic E-state index is 0.520. The van der Waals surface area contributed by atoms with Crippen molar-refractivity contribution in [2.45, 2.75) is 46.0 Å². The number of ether oxygens (including phenoxy) is 2. The monoisotopic (exact) mass is 279 g/mol. The molecule has 0 spiro atoms. The van der Waals surface area contributed by atoms with Gasteiger partial charge in [-0.1, -0.05) is 6.92 Å². The molecule has 1 N–H and O–H groups in total. The molecule has 1 aromatic heterocycles. The standard InChI is InChI=1S/C15H25N3O2/c1-4-8-19-9-10-20-15-11(3)13(16-5-2)17-14(18-15)12-6-7-12/h12H,4-10H2,1-3H3,(H,16,17,18). The highest BCUT2D eigenvalue weighted by Gasteiger charge is 2.28. The number of nitrogens with one attached hydrogen (secondary N) is 1. The number of hydrogen-bond donors (Lipinski definition) is 1. The molecule has 1 saturated carbocycles. The van der Waals surface area contributed by atoms with Crippen LogP contribution in [0.15, 0.2) is 0 Å². The van der Waals surface area contributed by atoms with E-state index in [2.05, 4.69) is 29.1 Å². The first-order chi connectivity index (χ1) is 9.76. The zero-order valence-electron chi connectivity index (χ0n) is 12.7. The molecular formula is C15H25N3O2. The van der Waals surface area contributed by atoms with Crippen LogP contribution in [0.4, 0.5) is 5.82 Å². The van der Waals surface area contributed by atoms with Crippen LogP contribution >= 0.6 is 0 Å². The van der Waals surface area contributed by atoms with Gasteiger partial charge < -0.3 is 14.8 Å². The fourth-order valence-corrected chi connectivity index (χ4v) is 1.96. The van der Waals surface area contributed by atoms with Crippen LogP contribution in [0.1, 0.15) is 50.4 Å². The van der Waals surface area contributed by atoms with Gasteiger partial charge in [-0.2, -0.15) is 4.98 Å². The van der Waals surface area contributed by atoms with Crippen LogP contribution in [0.3, 0.4) is 0 Å². The fraction of sp³-hybridized carbons (Fsp3) is 0.733. The third-order valence-electron chi connectivity index (χ3n) is 3.22. The summed E-state index contributed by atoms with van der Waals surface area (Å²) in [4.78, 5) is 9.17. The van der Waals surface area contributed by atoms with E-state index in [9.17, 15) is 0 Å². The molecule has 0 aromatic carbocycles. The lowest BCUT2D eigenvalue weighted by molar-refractivity contribution is 0.0986. The molecule has 0 atom stereocenters. The van der Waals surface area contributed by atoms with Crippen LogP contribution in [0.2, 0.25) is 0 Å². The maximum atomic E-state index is 5.77. The molecule has 0 bridgehead atoms. The van der Waals surface area contributed by atoms with Gasteiger partial charge in [0, 0.05) is 19.1 Å². The first kappa shape index (κ1) is 15.0. The average Bonchev–Trinajstić information content (AvgIpc) is 3.27. The molecular weight excluding hydrogens is 254 g/mol. The van der Waals surface area contributed by atoms with E-state index < -0.39 is 0 Å². The molecule has 112 valence electrons. The van der Waals surface area contributed by atoms with E-state index in [1.54, 1.807) is 0 Å². The fourth-order valence-electron chi connectivity index (χ4n) is 1.96. The predicted molar refractivity (Wildman–Crippen MR) is 79.5 cm³/mol. The van der Waals surface area contributed by atoms with Crippen molar-refractivity contribution < 1.29 is 9.47 Å². The molecule has 5 nitrogen and oxygen atoms in total. The minimum Gasteiger partial charge on any atom is -0.475 e. The molecule has 0 aliphatic heterocycles. The molecule has 1 aliphatic carbocycles. The third-order valence-corrected chi connectivity index (χ3v) is 3.22. The van der Waals surface area contributed by atoms with Crippen molar-refractivity contribution in [2.24, 2.45) is 0 Å². The van der Waals surface area contributed by atoms with Crippen molar-refractivity contribution >= 4 is 5.82 Å². The van der Waals surface area contributed by atoms with Crippen molar-refractivity contribution in [3.8, 4) is 5.88 Å². The lowest BCUT2D eigenvalue weighted by Gasteiger charge is -2.14. The van der Waals surface area contributed by atoms with E-state index in [0.29, 0.717) is 25.0 Å². The Bertz CT molecular complexity index is 433. The Kier molecular flexibility index (Phi) is 5.59. The predicted octanol–water partition coefficient (Wildman–Crippen LogP) is 2.90. The highest BCUT2D eigenvalue weighted by Crippen LogP contribution is 2.39. The SMILES string of the molecule is CCCOCCOc1nc(C2CC2)nc(NCC)c1C. The Morgan fingerprint density at radius 2 is 1.95 bits per heavy atom. The summed E-state index contributed by atoms with van der Waals surface area (Å²) in [5, 5.41) is 3.29. The molecule has 0 radical (unpaired) electrons. The maximum absolute atomic E-state index is 5.77. The van der Waals surface area contributed by atoms with Crippen LogP contribution in [0.5, 0.6) is 5.88 Å². The summed E-state index contributed by atoms with van der Waals surface area (Å²) < 4.78 is 11.2. The Morgan fingerprint density at radius 1 is 1.15 bits per heavy atom. The lowest BCUT2D eigenvalue weighted by atomic mass is 10.3. The van der Waals surface area contributed by atoms with Crippen molar-refractivity contribution in [1.29, 1.82) is 0 Å². The summed E-state index contributed by atoms with van der Waals surface area (Å²) in [5.41, 5.74) is 0.978. The van der Waals surface area contributed by atoms with Crippen LogP contribution in [0.25, 0.3) is 0 Å². The van der Waals surface area contributed by atoms with E-state index in [4.69, 9.17) is 9.47 Å². The molecule has 0 amide bonds. The molecule has 0 unspecified atom stereocenters. The van der Waals surface area contributed by atoms with Crippen LogP contribution in [-0.2, 0) is 4.74 Å². The highest BCUT2D eigenvalue weighted by molar-refractivity contribution is 5.49. The van der Waals surface area contributed by atoms with E-state index in [-0.39, 0.29) is 0 Å². The molecule has 1 fully saturated rings. The van der Waals surface area contributed by atoms with Gasteiger partial charge in [-0.05, 0) is 33.1 Å². The van der Waals surface area contributed by atoms with Gasteiger partial charge in [0.2, 0.25) is 5.88 Å². The Hall–Kier alpha value is -1.36. The molecule has 2 rings (SSSR count). The van der Waals surface area contributed by atoms with Crippen molar-refractivity contribution in [1.82, 2.24) is 9.97 Å². The van der Waals surface area contributed by atoms with Gasteiger partial charge in [-0.15, -0.1) is 0 Å². The Labute approximate surface area is 121 Å². The zero-order valence-corrected chi connectivity index (χ0v) is 12.7. The summed E-state index contributed by atoms with van der Waals surface area (Å²) in [5.74, 6) is 3.02. The summed E-state index contributed by atoms with van der Waals surface area (Å²) in [6, 6.07) is 0. The molecule has 0 saturated heterocycles. The minimum absolute atomic E-state index is 0.520. The molecule has 1 aromatic rings. The van der Waals surface area contributed by atoms with E-state index in [1.165, 1.54) is 12.8 Å². The van der Waals surface area contributed by atoms with Crippen molar-refractivity contribution in [3.63, 3.8) is 0 Å². The molecule has 1 heterocycles. The van der Waals surface area contributed by atoms with Gasteiger partial charge in [-0.25, -0.2) is 4.98 Å². The number of rotatable bonds is 9. The van der Waals surface area contributed by atoms with Gasteiger partial charge in [0.05, 0.1) is 12.2 Å². The normalized spacial score (nSPS) is 14.3. The van der Waals surface area contributed by atoms with Gasteiger partial charge >= 0.3 is 0 Å². The Balaban J connectivity index is 2.01. The van der Waals surface area contributed by atoms with E-state index in [0.717, 1.165) is 36.8 Å². The zero-order chi connectivity index (χ0) is 14.4. The van der Waals surface area contributed by atoms with Gasteiger partial charge in [-0.3, -0.25) is 0 Å². The second kappa shape index (κ2) is 7.43. The summed E-state index contributed by atoms with van der Waals surface area (Å²) in [6.45, 7) is 8.93. The van der Waals surface area contributed by atoms with Crippen LogP contribution < -0.4 is 10.1 Å². The smallest absolute Gasteiger partial charge is 0.221 e.